The molecule has 9 heteroatoms. The zero-order valence-corrected chi connectivity index (χ0v) is 22.0. The Kier molecular flexibility index (Phi) is 8.33. The monoisotopic (exact) mass is 508 g/mol. The summed E-state index contributed by atoms with van der Waals surface area (Å²) in [6.07, 6.45) is 2.27. The predicted octanol–water partition coefficient (Wildman–Crippen LogP) is 3.76. The number of urea groups is 1. The summed E-state index contributed by atoms with van der Waals surface area (Å²) in [5.74, 6) is 0.138. The van der Waals surface area contributed by atoms with Gasteiger partial charge in [0.15, 0.2) is 5.76 Å². The Morgan fingerprint density at radius 3 is 2.51 bits per heavy atom. The number of nitrogens with one attached hydrogen (secondary N) is 1. The van der Waals surface area contributed by atoms with Crippen molar-refractivity contribution in [3.63, 3.8) is 0 Å². The summed E-state index contributed by atoms with van der Waals surface area (Å²) in [4.78, 5) is 44.5. The number of amides is 3. The first-order chi connectivity index (χ1) is 17.8. The molecule has 1 aromatic carbocycles. The summed E-state index contributed by atoms with van der Waals surface area (Å²) in [6, 6.07) is 10.5. The van der Waals surface area contributed by atoms with E-state index in [0.717, 1.165) is 18.5 Å². The second kappa shape index (κ2) is 11.6. The van der Waals surface area contributed by atoms with E-state index in [0.29, 0.717) is 49.1 Å². The van der Waals surface area contributed by atoms with Gasteiger partial charge in [-0.05, 0) is 42.5 Å². The Hall–Kier alpha value is -3.59. The number of likely N-dealkylation sites (N-methyl/N-ethyl adjacent to an activating group) is 1. The minimum atomic E-state index is -0.608. The summed E-state index contributed by atoms with van der Waals surface area (Å²) in [5, 5.41) is 2.98. The lowest BCUT2D eigenvalue weighted by atomic mass is 9.92. The quantitative estimate of drug-likeness (QED) is 0.572. The molecular formula is C28H36N4O5. The molecule has 1 fully saturated rings. The van der Waals surface area contributed by atoms with Crippen LogP contribution in [-0.4, -0.2) is 79.0 Å². The van der Waals surface area contributed by atoms with Crippen molar-refractivity contribution in [2.45, 2.75) is 39.2 Å². The molecule has 1 N–H and O–H groups in total. The number of esters is 1. The summed E-state index contributed by atoms with van der Waals surface area (Å²) >= 11 is 0. The summed E-state index contributed by atoms with van der Waals surface area (Å²) in [6.45, 7) is 9.12. The molecule has 9 nitrogen and oxygen atoms in total. The fourth-order valence-electron chi connectivity index (χ4n) is 4.82. The Bertz CT molecular complexity index is 1140. The van der Waals surface area contributed by atoms with Crippen molar-refractivity contribution < 1.29 is 23.5 Å². The van der Waals surface area contributed by atoms with Gasteiger partial charge < -0.3 is 19.4 Å². The van der Waals surface area contributed by atoms with Crippen molar-refractivity contribution in [3.8, 4) is 0 Å². The van der Waals surface area contributed by atoms with Crippen LogP contribution in [0, 0.1) is 0 Å². The second-order valence-corrected chi connectivity index (χ2v) is 9.74. The minimum Gasteiger partial charge on any atom is -0.463 e. The van der Waals surface area contributed by atoms with Crippen LogP contribution in [0.25, 0.3) is 0 Å². The molecule has 1 saturated heterocycles. The second-order valence-electron chi connectivity index (χ2n) is 9.74. The van der Waals surface area contributed by atoms with Crippen LogP contribution in [0.3, 0.4) is 0 Å². The molecule has 0 saturated carbocycles. The molecule has 1 aromatic heterocycles. The van der Waals surface area contributed by atoms with E-state index in [-0.39, 0.29) is 18.5 Å². The molecule has 2 aliphatic rings. The first-order valence-corrected chi connectivity index (χ1v) is 12.9. The number of ether oxygens (including phenoxy) is 1. The van der Waals surface area contributed by atoms with Crippen molar-refractivity contribution in [3.05, 3.63) is 70.8 Å². The molecule has 4 rings (SSSR count). The minimum absolute atomic E-state index is 0.127. The highest BCUT2D eigenvalue weighted by Crippen LogP contribution is 2.32. The fourth-order valence-corrected chi connectivity index (χ4v) is 4.82. The van der Waals surface area contributed by atoms with Gasteiger partial charge in [-0.1, -0.05) is 38.1 Å². The molecule has 2 aromatic rings. The smallest absolute Gasteiger partial charge is 0.338 e. The highest BCUT2D eigenvalue weighted by molar-refractivity contribution is 5.95. The van der Waals surface area contributed by atoms with Gasteiger partial charge in [0.25, 0.3) is 5.91 Å². The van der Waals surface area contributed by atoms with E-state index in [1.807, 2.05) is 24.3 Å². The zero-order valence-electron chi connectivity index (χ0n) is 22.0. The van der Waals surface area contributed by atoms with Gasteiger partial charge in [0, 0.05) is 45.5 Å². The third-order valence-electron chi connectivity index (χ3n) is 6.99. The molecule has 3 heterocycles. The summed E-state index contributed by atoms with van der Waals surface area (Å²) in [5.41, 5.74) is 3.07. The van der Waals surface area contributed by atoms with Crippen molar-refractivity contribution in [1.29, 1.82) is 0 Å². The molecule has 0 spiro atoms. The predicted molar refractivity (Wildman–Crippen MR) is 139 cm³/mol. The van der Waals surface area contributed by atoms with Gasteiger partial charge in [0.2, 0.25) is 0 Å². The van der Waals surface area contributed by atoms with Gasteiger partial charge in [-0.25, -0.2) is 9.59 Å². The van der Waals surface area contributed by atoms with E-state index in [1.165, 1.54) is 16.7 Å². The standard InChI is InChI=1S/C28H36N4O5/c1-5-36-27(34)24-22(18-31-13-7-14-32(16-15-31)26(33)23-8-6-17-37-23)30(4)28(35)29-25(24)21-11-9-20(10-12-21)19(2)3/h6,8-12,17,19,25H,5,7,13-16,18H2,1-4H3,(H,29,35)/t25-/m1/s1. The number of nitrogens with zero attached hydrogens (tertiary/aromatic N) is 3. The maximum Gasteiger partial charge on any atom is 0.338 e. The SMILES string of the molecule is CCOC(=O)C1=C(CN2CCCN(C(=O)c3ccco3)CC2)N(C)C(=O)N[C@@H]1c1ccc(C(C)C)cc1. The fraction of sp³-hybridized carbons (Fsp3) is 0.464. The summed E-state index contributed by atoms with van der Waals surface area (Å²) < 4.78 is 10.7. The zero-order chi connectivity index (χ0) is 26.5. The Balaban J connectivity index is 1.61. The molecule has 37 heavy (non-hydrogen) atoms. The van der Waals surface area contributed by atoms with Crippen molar-refractivity contribution in [2.75, 3.05) is 46.4 Å². The molecule has 0 radical (unpaired) electrons. The van der Waals surface area contributed by atoms with Crippen molar-refractivity contribution in [1.82, 2.24) is 20.0 Å². The van der Waals surface area contributed by atoms with E-state index >= 15 is 0 Å². The number of hydrogen-bond acceptors (Lipinski definition) is 6. The van der Waals surface area contributed by atoms with Crippen molar-refractivity contribution >= 4 is 17.9 Å². The third-order valence-corrected chi connectivity index (χ3v) is 6.99. The van der Waals surface area contributed by atoms with Crippen LogP contribution in [0.5, 0.6) is 0 Å². The number of hydrogen-bond donors (Lipinski definition) is 1. The van der Waals surface area contributed by atoms with Crippen LogP contribution >= 0.6 is 0 Å². The maximum absolute atomic E-state index is 13.3. The molecule has 0 unspecified atom stereocenters. The number of furan rings is 1. The number of carbonyl (C=O) groups is 3. The highest BCUT2D eigenvalue weighted by atomic mass is 16.5. The van der Waals surface area contributed by atoms with Crippen LogP contribution in [-0.2, 0) is 9.53 Å². The first kappa shape index (κ1) is 26.5. The lowest BCUT2D eigenvalue weighted by Crippen LogP contribution is -2.49. The Morgan fingerprint density at radius 1 is 1.11 bits per heavy atom. The van der Waals surface area contributed by atoms with E-state index in [9.17, 15) is 14.4 Å². The van der Waals surface area contributed by atoms with Gasteiger partial charge >= 0.3 is 12.0 Å². The lowest BCUT2D eigenvalue weighted by Gasteiger charge is -2.36. The molecule has 3 amide bonds. The Labute approximate surface area is 218 Å². The highest BCUT2D eigenvalue weighted by Gasteiger charge is 2.37. The van der Waals surface area contributed by atoms with Gasteiger partial charge in [-0.15, -0.1) is 0 Å². The van der Waals surface area contributed by atoms with Crippen LogP contribution in [0.2, 0.25) is 0 Å². The van der Waals surface area contributed by atoms with E-state index in [4.69, 9.17) is 9.15 Å². The molecule has 0 bridgehead atoms. The van der Waals surface area contributed by atoms with Crippen molar-refractivity contribution in [2.24, 2.45) is 0 Å². The maximum atomic E-state index is 13.3. The topological polar surface area (TPSA) is 95.3 Å². The van der Waals surface area contributed by atoms with E-state index in [1.54, 1.807) is 31.0 Å². The van der Waals surface area contributed by atoms with Crippen LogP contribution in [0.15, 0.2) is 58.3 Å². The molecule has 0 aliphatic carbocycles. The normalized spacial score (nSPS) is 19.2. The first-order valence-electron chi connectivity index (χ1n) is 12.9. The van der Waals surface area contributed by atoms with Gasteiger partial charge in [0.1, 0.15) is 0 Å². The largest absolute Gasteiger partial charge is 0.463 e. The average molecular weight is 509 g/mol. The Morgan fingerprint density at radius 2 is 1.86 bits per heavy atom. The van der Waals surface area contributed by atoms with Gasteiger partial charge in [-0.3, -0.25) is 14.6 Å². The number of benzene rings is 1. The lowest BCUT2D eigenvalue weighted by molar-refractivity contribution is -0.139. The number of carbonyl (C=O) groups excluding carboxylic acids is 3. The third kappa shape index (κ3) is 5.88. The van der Waals surface area contributed by atoms with Crippen LogP contribution < -0.4 is 5.32 Å². The average Bonchev–Trinajstić information content (AvgIpc) is 3.33. The molecule has 1 atom stereocenters. The molecular weight excluding hydrogens is 472 g/mol. The van der Waals surface area contributed by atoms with E-state index < -0.39 is 12.0 Å². The molecule has 198 valence electrons. The van der Waals surface area contributed by atoms with E-state index in [2.05, 4.69) is 24.1 Å². The van der Waals surface area contributed by atoms with Gasteiger partial charge in [-0.2, -0.15) is 0 Å². The summed E-state index contributed by atoms with van der Waals surface area (Å²) in [7, 11) is 1.67. The van der Waals surface area contributed by atoms with Crippen LogP contribution in [0.1, 0.15) is 60.8 Å². The molecule has 2 aliphatic heterocycles. The van der Waals surface area contributed by atoms with Gasteiger partial charge in [0.05, 0.1) is 24.5 Å². The van der Waals surface area contributed by atoms with Crippen LogP contribution in [0.4, 0.5) is 4.79 Å². The number of rotatable bonds is 7.